The van der Waals surface area contributed by atoms with Gasteiger partial charge in [-0.15, -0.1) is 0 Å². The molecule has 0 aromatic heterocycles. The fourth-order valence-electron chi connectivity index (χ4n) is 3.26. The minimum Gasteiger partial charge on any atom is -0.388 e. The van der Waals surface area contributed by atoms with Crippen molar-refractivity contribution in [3.8, 4) is 0 Å². The molecular formula is C15H27NO3. The van der Waals surface area contributed by atoms with Crippen LogP contribution in [0.5, 0.6) is 0 Å². The molecule has 2 aliphatic rings. The molecule has 19 heavy (non-hydrogen) atoms. The lowest BCUT2D eigenvalue weighted by molar-refractivity contribution is -0.137. The molecular weight excluding hydrogens is 242 g/mol. The first kappa shape index (κ1) is 14.8. The summed E-state index contributed by atoms with van der Waals surface area (Å²) in [5.41, 5.74) is -0.740. The minimum absolute atomic E-state index is 0.173. The van der Waals surface area contributed by atoms with Crippen molar-refractivity contribution in [1.82, 2.24) is 4.90 Å². The Morgan fingerprint density at radius 1 is 1.32 bits per heavy atom. The lowest BCUT2D eigenvalue weighted by Crippen LogP contribution is -2.47. The molecule has 1 heterocycles. The molecule has 1 N–H and O–H groups in total. The highest BCUT2D eigenvalue weighted by atomic mass is 16.5. The maximum Gasteiger partial charge on any atom is 0.222 e. The first-order valence-corrected chi connectivity index (χ1v) is 7.63. The molecule has 0 aromatic carbocycles. The highest BCUT2D eigenvalue weighted by Crippen LogP contribution is 2.29. The summed E-state index contributed by atoms with van der Waals surface area (Å²) in [6, 6.07) is 0. The molecule has 1 saturated carbocycles. The van der Waals surface area contributed by atoms with Gasteiger partial charge in [-0.2, -0.15) is 0 Å². The summed E-state index contributed by atoms with van der Waals surface area (Å²) >= 11 is 0. The molecule has 2 fully saturated rings. The molecule has 1 aliphatic carbocycles. The summed E-state index contributed by atoms with van der Waals surface area (Å²) in [5.74, 6) is 0.926. The van der Waals surface area contributed by atoms with E-state index in [-0.39, 0.29) is 5.91 Å². The van der Waals surface area contributed by atoms with Gasteiger partial charge in [0.15, 0.2) is 0 Å². The Morgan fingerprint density at radius 3 is 2.58 bits per heavy atom. The van der Waals surface area contributed by atoms with Crippen LogP contribution in [0.25, 0.3) is 0 Å². The first-order chi connectivity index (χ1) is 9.09. The van der Waals surface area contributed by atoms with Crippen LogP contribution in [0.2, 0.25) is 0 Å². The van der Waals surface area contributed by atoms with E-state index in [9.17, 15) is 9.90 Å². The van der Waals surface area contributed by atoms with E-state index in [4.69, 9.17) is 4.74 Å². The third-order valence-electron chi connectivity index (χ3n) is 4.62. The van der Waals surface area contributed by atoms with Crippen molar-refractivity contribution in [1.29, 1.82) is 0 Å². The fraction of sp³-hybridized carbons (Fsp3) is 0.933. The van der Waals surface area contributed by atoms with Crippen LogP contribution in [-0.2, 0) is 9.53 Å². The van der Waals surface area contributed by atoms with Gasteiger partial charge in [0.2, 0.25) is 5.91 Å². The van der Waals surface area contributed by atoms with Gasteiger partial charge >= 0.3 is 0 Å². The predicted molar refractivity (Wildman–Crippen MR) is 73.8 cm³/mol. The summed E-state index contributed by atoms with van der Waals surface area (Å²) in [6.45, 7) is 1.64. The number of nitrogens with zero attached hydrogens (tertiary/aromatic N) is 1. The normalized spacial score (nSPS) is 23.5. The van der Waals surface area contributed by atoms with Crippen molar-refractivity contribution in [2.45, 2.75) is 57.0 Å². The Bertz CT molecular complexity index is 294. The van der Waals surface area contributed by atoms with Crippen LogP contribution >= 0.6 is 0 Å². The summed E-state index contributed by atoms with van der Waals surface area (Å²) in [7, 11) is 1.81. The van der Waals surface area contributed by atoms with Gasteiger partial charge in [-0.25, -0.2) is 0 Å². The van der Waals surface area contributed by atoms with Crippen molar-refractivity contribution in [3.63, 3.8) is 0 Å². The number of rotatable bonds is 5. The number of likely N-dealkylation sites (N-methyl/N-ethyl adjacent to an activating group) is 1. The van der Waals surface area contributed by atoms with Gasteiger partial charge in [-0.05, 0) is 12.3 Å². The zero-order valence-electron chi connectivity index (χ0n) is 12.1. The van der Waals surface area contributed by atoms with E-state index in [1.165, 1.54) is 25.7 Å². The molecule has 0 bridgehead atoms. The summed E-state index contributed by atoms with van der Waals surface area (Å²) < 4.78 is 5.26. The van der Waals surface area contributed by atoms with Crippen LogP contribution in [0.3, 0.4) is 0 Å². The number of hydrogen-bond donors (Lipinski definition) is 1. The number of aliphatic hydroxyl groups is 1. The van der Waals surface area contributed by atoms with Crippen LogP contribution in [0.4, 0.5) is 0 Å². The molecule has 0 atom stereocenters. The molecule has 0 spiro atoms. The van der Waals surface area contributed by atoms with Gasteiger partial charge in [0.1, 0.15) is 0 Å². The number of ether oxygens (including phenoxy) is 1. The van der Waals surface area contributed by atoms with Gasteiger partial charge < -0.3 is 14.7 Å². The lowest BCUT2D eigenvalue weighted by Gasteiger charge is -2.35. The number of amides is 1. The Labute approximate surface area is 116 Å². The number of hydrogen-bond acceptors (Lipinski definition) is 3. The molecule has 1 aliphatic heterocycles. The third-order valence-corrected chi connectivity index (χ3v) is 4.62. The Morgan fingerprint density at radius 2 is 1.95 bits per heavy atom. The molecule has 0 aromatic rings. The third kappa shape index (κ3) is 4.46. The van der Waals surface area contributed by atoms with Gasteiger partial charge in [0.05, 0.1) is 5.60 Å². The zero-order chi connectivity index (χ0) is 13.7. The van der Waals surface area contributed by atoms with E-state index < -0.39 is 5.60 Å². The molecule has 1 amide bonds. The number of carbonyl (C=O) groups is 1. The largest absolute Gasteiger partial charge is 0.388 e. The molecule has 4 nitrogen and oxygen atoms in total. The second-order valence-corrected chi connectivity index (χ2v) is 6.28. The SMILES string of the molecule is CN(CC1(O)CCOCC1)C(=O)CCC1CCCC1. The van der Waals surface area contributed by atoms with E-state index >= 15 is 0 Å². The highest BCUT2D eigenvalue weighted by Gasteiger charge is 2.32. The highest BCUT2D eigenvalue weighted by molar-refractivity contribution is 5.75. The molecule has 0 unspecified atom stereocenters. The monoisotopic (exact) mass is 269 g/mol. The van der Waals surface area contributed by atoms with E-state index in [0.29, 0.717) is 39.0 Å². The molecule has 4 heteroatoms. The Balaban J connectivity index is 1.71. The fourth-order valence-corrected chi connectivity index (χ4v) is 3.26. The molecule has 1 saturated heterocycles. The van der Waals surface area contributed by atoms with Crippen molar-refractivity contribution in [3.05, 3.63) is 0 Å². The summed E-state index contributed by atoms with van der Waals surface area (Å²) in [5, 5.41) is 10.4. The van der Waals surface area contributed by atoms with Crippen LogP contribution in [0.15, 0.2) is 0 Å². The van der Waals surface area contributed by atoms with Crippen molar-refractivity contribution in [2.75, 3.05) is 26.8 Å². The van der Waals surface area contributed by atoms with Crippen molar-refractivity contribution < 1.29 is 14.6 Å². The van der Waals surface area contributed by atoms with E-state index in [2.05, 4.69) is 0 Å². The summed E-state index contributed by atoms with van der Waals surface area (Å²) in [4.78, 5) is 13.8. The summed E-state index contributed by atoms with van der Waals surface area (Å²) in [6.07, 6.45) is 8.15. The second kappa shape index (κ2) is 6.71. The molecule has 0 radical (unpaired) electrons. The van der Waals surface area contributed by atoms with Crippen molar-refractivity contribution >= 4 is 5.91 Å². The van der Waals surface area contributed by atoms with Crippen LogP contribution in [-0.4, -0.2) is 48.3 Å². The predicted octanol–water partition coefficient (Wildman–Crippen LogP) is 1.96. The van der Waals surface area contributed by atoms with Crippen LogP contribution < -0.4 is 0 Å². The maximum absolute atomic E-state index is 12.1. The van der Waals surface area contributed by atoms with Crippen LogP contribution in [0.1, 0.15) is 51.4 Å². The van der Waals surface area contributed by atoms with Gasteiger partial charge in [0.25, 0.3) is 0 Å². The average Bonchev–Trinajstić information content (AvgIpc) is 2.89. The smallest absolute Gasteiger partial charge is 0.222 e. The number of carbonyl (C=O) groups excluding carboxylic acids is 1. The minimum atomic E-state index is -0.740. The average molecular weight is 269 g/mol. The maximum atomic E-state index is 12.1. The topological polar surface area (TPSA) is 49.8 Å². The Kier molecular flexibility index (Phi) is 5.22. The second-order valence-electron chi connectivity index (χ2n) is 6.28. The van der Waals surface area contributed by atoms with E-state index in [0.717, 1.165) is 12.3 Å². The lowest BCUT2D eigenvalue weighted by atomic mass is 9.93. The molecule has 2 rings (SSSR count). The van der Waals surface area contributed by atoms with Gasteiger partial charge in [-0.1, -0.05) is 25.7 Å². The van der Waals surface area contributed by atoms with E-state index in [1.54, 1.807) is 4.90 Å². The molecule has 110 valence electrons. The zero-order valence-corrected chi connectivity index (χ0v) is 12.1. The first-order valence-electron chi connectivity index (χ1n) is 7.63. The Hall–Kier alpha value is -0.610. The van der Waals surface area contributed by atoms with E-state index in [1.807, 2.05) is 7.05 Å². The van der Waals surface area contributed by atoms with Gasteiger partial charge in [-0.3, -0.25) is 4.79 Å². The standard InChI is InChI=1S/C15H27NO3/c1-16(12-15(18)8-10-19-11-9-15)14(17)7-6-13-4-2-3-5-13/h13,18H,2-12H2,1H3. The van der Waals surface area contributed by atoms with Gasteiger partial charge in [0, 0.05) is 46.1 Å². The van der Waals surface area contributed by atoms with Crippen LogP contribution in [0, 0.1) is 5.92 Å². The van der Waals surface area contributed by atoms with Crippen molar-refractivity contribution in [2.24, 2.45) is 5.92 Å². The quantitative estimate of drug-likeness (QED) is 0.830.